The van der Waals surface area contributed by atoms with Crippen LogP contribution in [0.5, 0.6) is 0 Å². The van der Waals surface area contributed by atoms with Crippen LogP contribution in [0.2, 0.25) is 0 Å². The molecule has 15 heavy (non-hydrogen) atoms. The fourth-order valence-electron chi connectivity index (χ4n) is 2.03. The molecule has 1 fully saturated rings. The highest BCUT2D eigenvalue weighted by Crippen LogP contribution is 2.22. The van der Waals surface area contributed by atoms with E-state index in [0.29, 0.717) is 18.6 Å². The number of aromatic nitrogens is 2. The van der Waals surface area contributed by atoms with Crippen LogP contribution in [-0.2, 0) is 4.79 Å². The number of hydrogen-bond acceptors (Lipinski definition) is 3. The maximum absolute atomic E-state index is 11.5. The monoisotopic (exact) mass is 207 g/mol. The quantitative estimate of drug-likeness (QED) is 0.732. The number of carbonyl (C=O) groups excluding carboxylic acids is 1. The highest BCUT2D eigenvalue weighted by Gasteiger charge is 2.26. The van der Waals surface area contributed by atoms with E-state index in [1.54, 1.807) is 0 Å². The minimum absolute atomic E-state index is 0.0636. The van der Waals surface area contributed by atoms with Crippen LogP contribution in [0.15, 0.2) is 0 Å². The molecule has 2 N–H and O–H groups in total. The highest BCUT2D eigenvalue weighted by molar-refractivity contribution is 5.80. The van der Waals surface area contributed by atoms with Crippen LogP contribution in [0.1, 0.15) is 43.0 Å². The van der Waals surface area contributed by atoms with E-state index in [-0.39, 0.29) is 12.1 Å². The van der Waals surface area contributed by atoms with Gasteiger partial charge in [0, 0.05) is 24.6 Å². The maximum Gasteiger partial charge on any atom is 0.136 e. The summed E-state index contributed by atoms with van der Waals surface area (Å²) in [5.74, 6) is 1.21. The molecule has 1 aliphatic heterocycles. The molecule has 0 bridgehead atoms. The molecule has 2 unspecified atom stereocenters. The Labute approximate surface area is 89.5 Å². The van der Waals surface area contributed by atoms with Crippen LogP contribution in [0.25, 0.3) is 0 Å². The number of piperidine rings is 1. The third-order valence-electron chi connectivity index (χ3n) is 2.93. The predicted octanol–water partition coefficient (Wildman–Crippen LogP) is 1.41. The number of aryl methyl sites for hydroxylation is 2. The van der Waals surface area contributed by atoms with Gasteiger partial charge in [0.05, 0.1) is 11.7 Å². The van der Waals surface area contributed by atoms with E-state index in [0.717, 1.165) is 17.2 Å². The lowest BCUT2D eigenvalue weighted by atomic mass is 9.98. The summed E-state index contributed by atoms with van der Waals surface area (Å²) in [6.07, 6.45) is 1.19. The van der Waals surface area contributed by atoms with Crippen molar-refractivity contribution in [3.05, 3.63) is 17.2 Å². The van der Waals surface area contributed by atoms with Crippen LogP contribution in [0.3, 0.4) is 0 Å². The van der Waals surface area contributed by atoms with Crippen molar-refractivity contribution in [2.45, 2.75) is 45.7 Å². The number of ketones is 1. The van der Waals surface area contributed by atoms with Gasteiger partial charge in [-0.2, -0.15) is 0 Å². The van der Waals surface area contributed by atoms with Crippen molar-refractivity contribution in [1.82, 2.24) is 15.3 Å². The Morgan fingerprint density at radius 3 is 2.60 bits per heavy atom. The maximum atomic E-state index is 11.5. The van der Waals surface area contributed by atoms with Crippen LogP contribution >= 0.6 is 0 Å². The van der Waals surface area contributed by atoms with Crippen molar-refractivity contribution >= 4 is 5.78 Å². The van der Waals surface area contributed by atoms with Gasteiger partial charge in [-0.15, -0.1) is 0 Å². The van der Waals surface area contributed by atoms with E-state index in [1.807, 2.05) is 20.8 Å². The third kappa shape index (κ3) is 2.09. The summed E-state index contributed by atoms with van der Waals surface area (Å²) >= 11 is 0. The van der Waals surface area contributed by atoms with Crippen LogP contribution in [-0.4, -0.2) is 21.8 Å². The van der Waals surface area contributed by atoms with E-state index in [4.69, 9.17) is 0 Å². The lowest BCUT2D eigenvalue weighted by molar-refractivity contribution is -0.121. The number of Topliss-reactive ketones (excluding diaryl/α,β-unsaturated/α-hetero) is 1. The van der Waals surface area contributed by atoms with Crippen molar-refractivity contribution in [2.75, 3.05) is 0 Å². The van der Waals surface area contributed by atoms with Crippen molar-refractivity contribution in [3.8, 4) is 0 Å². The van der Waals surface area contributed by atoms with Gasteiger partial charge in [0.2, 0.25) is 0 Å². The molecular weight excluding hydrogens is 190 g/mol. The lowest BCUT2D eigenvalue weighted by Crippen LogP contribution is -2.39. The Bertz CT molecular complexity index is 364. The minimum Gasteiger partial charge on any atom is -0.345 e. The molecule has 1 saturated heterocycles. The van der Waals surface area contributed by atoms with Gasteiger partial charge in [0.15, 0.2) is 0 Å². The second-order valence-electron chi connectivity index (χ2n) is 4.40. The predicted molar refractivity (Wildman–Crippen MR) is 57.6 cm³/mol. The molecule has 2 atom stereocenters. The molecule has 4 heteroatoms. The van der Waals surface area contributed by atoms with Gasteiger partial charge in [-0.1, -0.05) is 0 Å². The average Bonchev–Trinajstić information content (AvgIpc) is 2.45. The molecule has 0 radical (unpaired) electrons. The molecule has 0 amide bonds. The van der Waals surface area contributed by atoms with E-state index < -0.39 is 0 Å². The van der Waals surface area contributed by atoms with E-state index in [9.17, 15) is 4.79 Å². The molecule has 0 aromatic carbocycles. The normalized spacial score (nSPS) is 27.0. The Morgan fingerprint density at radius 2 is 2.07 bits per heavy atom. The van der Waals surface area contributed by atoms with Crippen molar-refractivity contribution < 1.29 is 4.79 Å². The van der Waals surface area contributed by atoms with Gasteiger partial charge < -0.3 is 10.3 Å². The van der Waals surface area contributed by atoms with E-state index in [1.165, 1.54) is 0 Å². The lowest BCUT2D eigenvalue weighted by Gasteiger charge is -2.26. The van der Waals surface area contributed by atoms with Crippen LogP contribution in [0, 0.1) is 13.8 Å². The highest BCUT2D eigenvalue weighted by atomic mass is 16.1. The number of nitrogens with zero attached hydrogens (tertiary/aromatic N) is 1. The Kier molecular flexibility index (Phi) is 2.61. The molecule has 1 aromatic heterocycles. The number of imidazole rings is 1. The number of aromatic amines is 1. The van der Waals surface area contributed by atoms with Gasteiger partial charge in [0.25, 0.3) is 0 Å². The largest absolute Gasteiger partial charge is 0.345 e. The summed E-state index contributed by atoms with van der Waals surface area (Å²) < 4.78 is 0. The molecular formula is C11H17N3O. The van der Waals surface area contributed by atoms with Gasteiger partial charge in [0.1, 0.15) is 11.6 Å². The molecule has 2 heterocycles. The van der Waals surface area contributed by atoms with Gasteiger partial charge in [-0.25, -0.2) is 4.98 Å². The first kappa shape index (κ1) is 10.4. The van der Waals surface area contributed by atoms with Gasteiger partial charge >= 0.3 is 0 Å². The SMILES string of the molecule is Cc1nc(C2CC(=O)CC(C)N2)[nH]c1C. The zero-order valence-electron chi connectivity index (χ0n) is 9.42. The van der Waals surface area contributed by atoms with Gasteiger partial charge in [-0.3, -0.25) is 4.79 Å². The third-order valence-corrected chi connectivity index (χ3v) is 2.93. The smallest absolute Gasteiger partial charge is 0.136 e. The first-order valence-corrected chi connectivity index (χ1v) is 5.37. The molecule has 2 rings (SSSR count). The average molecular weight is 207 g/mol. The summed E-state index contributed by atoms with van der Waals surface area (Å²) in [6, 6.07) is 0.315. The second-order valence-corrected chi connectivity index (χ2v) is 4.40. The van der Waals surface area contributed by atoms with E-state index in [2.05, 4.69) is 15.3 Å². The molecule has 0 spiro atoms. The number of H-pyrrole nitrogens is 1. The Hall–Kier alpha value is -1.16. The van der Waals surface area contributed by atoms with Crippen molar-refractivity contribution in [2.24, 2.45) is 0 Å². The fourth-order valence-corrected chi connectivity index (χ4v) is 2.03. The number of hydrogen-bond donors (Lipinski definition) is 2. The molecule has 0 aliphatic carbocycles. The summed E-state index contributed by atoms with van der Waals surface area (Å²) in [6.45, 7) is 6.01. The molecule has 1 aromatic rings. The minimum atomic E-state index is 0.0636. The zero-order chi connectivity index (χ0) is 11.0. The topological polar surface area (TPSA) is 57.8 Å². The van der Waals surface area contributed by atoms with Crippen LogP contribution < -0.4 is 5.32 Å². The number of nitrogens with one attached hydrogen (secondary N) is 2. The second kappa shape index (κ2) is 3.77. The molecule has 4 nitrogen and oxygen atoms in total. The van der Waals surface area contributed by atoms with Crippen molar-refractivity contribution in [3.63, 3.8) is 0 Å². The first-order valence-electron chi connectivity index (χ1n) is 5.37. The first-order chi connectivity index (χ1) is 7.06. The zero-order valence-corrected chi connectivity index (χ0v) is 9.42. The van der Waals surface area contributed by atoms with Crippen LogP contribution in [0.4, 0.5) is 0 Å². The van der Waals surface area contributed by atoms with E-state index >= 15 is 0 Å². The summed E-state index contributed by atoms with van der Waals surface area (Å²) in [5, 5.41) is 3.39. The summed E-state index contributed by atoms with van der Waals surface area (Å²) in [5.41, 5.74) is 2.09. The summed E-state index contributed by atoms with van der Waals surface area (Å²) in [7, 11) is 0. The fraction of sp³-hybridized carbons (Fsp3) is 0.636. The Balaban J connectivity index is 2.19. The Morgan fingerprint density at radius 1 is 1.33 bits per heavy atom. The standard InChI is InChI=1S/C11H17N3O/c1-6-4-9(15)5-10(12-6)11-13-7(2)8(3)14-11/h6,10,12H,4-5H2,1-3H3,(H,13,14). The molecule has 0 saturated carbocycles. The number of rotatable bonds is 1. The van der Waals surface area contributed by atoms with Gasteiger partial charge in [-0.05, 0) is 20.8 Å². The van der Waals surface area contributed by atoms with Crippen molar-refractivity contribution in [1.29, 1.82) is 0 Å². The molecule has 82 valence electrons. The number of carbonyl (C=O) groups is 1. The summed E-state index contributed by atoms with van der Waals surface area (Å²) in [4.78, 5) is 19.1. The molecule has 1 aliphatic rings.